The van der Waals surface area contributed by atoms with Gasteiger partial charge in [-0.15, -0.1) is 0 Å². The summed E-state index contributed by atoms with van der Waals surface area (Å²) < 4.78 is 31.8. The first-order valence-corrected chi connectivity index (χ1v) is 10.5. The number of ether oxygens (including phenoxy) is 1. The monoisotopic (exact) mass is 436 g/mol. The number of nitrogens with one attached hydrogen (secondary N) is 2. The summed E-state index contributed by atoms with van der Waals surface area (Å²) in [7, 11) is -3.55. The maximum atomic E-state index is 12.6. The van der Waals surface area contributed by atoms with Crippen LogP contribution in [0.25, 0.3) is 0 Å². The fourth-order valence-electron chi connectivity index (χ4n) is 2.61. The van der Waals surface area contributed by atoms with Crippen LogP contribution in [0.3, 0.4) is 0 Å². The molecule has 1 saturated heterocycles. The van der Waals surface area contributed by atoms with Crippen LogP contribution in [0.5, 0.6) is 11.5 Å². The van der Waals surface area contributed by atoms with E-state index < -0.39 is 10.0 Å². The minimum atomic E-state index is -3.55. The summed E-state index contributed by atoms with van der Waals surface area (Å²) in [5.74, 6) is -0.171. The SMILES string of the molecule is O=S(=O)(c1ccc(NC(=S)NN=Cc2ccc(O)cc2O)cc1)N1CCOCC1. The first-order valence-electron chi connectivity index (χ1n) is 8.66. The Kier molecular flexibility index (Phi) is 6.64. The van der Waals surface area contributed by atoms with Crippen molar-refractivity contribution < 1.29 is 23.4 Å². The number of sulfonamides is 1. The maximum absolute atomic E-state index is 12.6. The number of rotatable bonds is 5. The Bertz CT molecular complexity index is 1000. The highest BCUT2D eigenvalue weighted by Gasteiger charge is 2.26. The number of hydrogen-bond acceptors (Lipinski definition) is 7. The number of hydrazone groups is 1. The summed E-state index contributed by atoms with van der Waals surface area (Å²) in [6.45, 7) is 1.46. The van der Waals surface area contributed by atoms with Gasteiger partial charge in [-0.1, -0.05) is 0 Å². The van der Waals surface area contributed by atoms with E-state index in [1.165, 1.54) is 40.9 Å². The second-order valence-corrected chi connectivity index (χ2v) is 8.45. The van der Waals surface area contributed by atoms with Crippen LogP contribution in [0.4, 0.5) is 5.69 Å². The van der Waals surface area contributed by atoms with E-state index in [2.05, 4.69) is 15.8 Å². The molecule has 154 valence electrons. The van der Waals surface area contributed by atoms with E-state index >= 15 is 0 Å². The predicted octanol–water partition coefficient (Wildman–Crippen LogP) is 1.44. The molecule has 1 fully saturated rings. The third-order valence-corrected chi connectivity index (χ3v) is 6.21. The first kappa shape index (κ1) is 21.0. The van der Waals surface area contributed by atoms with Gasteiger partial charge in [0.15, 0.2) is 5.11 Å². The van der Waals surface area contributed by atoms with Crippen molar-refractivity contribution in [1.82, 2.24) is 9.73 Å². The number of aromatic hydroxyl groups is 2. The van der Waals surface area contributed by atoms with Crippen molar-refractivity contribution in [2.24, 2.45) is 5.10 Å². The summed E-state index contributed by atoms with van der Waals surface area (Å²) >= 11 is 5.13. The standard InChI is InChI=1S/C18H20N4O5S2/c23-15-4-1-13(17(24)11-15)12-19-21-18(28)20-14-2-5-16(6-3-14)29(25,26)22-7-9-27-10-8-22/h1-6,11-12,23-24H,7-10H2,(H2,20,21,28). The van der Waals surface area contributed by atoms with Crippen LogP contribution >= 0.6 is 12.2 Å². The molecule has 29 heavy (non-hydrogen) atoms. The smallest absolute Gasteiger partial charge is 0.243 e. The molecule has 0 bridgehead atoms. The average molecular weight is 437 g/mol. The van der Waals surface area contributed by atoms with E-state index in [0.29, 0.717) is 37.6 Å². The van der Waals surface area contributed by atoms with Crippen LogP contribution in [0.2, 0.25) is 0 Å². The van der Waals surface area contributed by atoms with Crippen molar-refractivity contribution in [1.29, 1.82) is 0 Å². The second kappa shape index (κ2) is 9.18. The van der Waals surface area contributed by atoms with Crippen molar-refractivity contribution in [2.45, 2.75) is 4.90 Å². The largest absolute Gasteiger partial charge is 0.508 e. The Morgan fingerprint density at radius 1 is 1.14 bits per heavy atom. The Labute approximate surface area is 173 Å². The number of morpholine rings is 1. The average Bonchev–Trinajstić information content (AvgIpc) is 2.71. The number of thiocarbonyl (C=S) groups is 1. The molecule has 0 saturated carbocycles. The molecule has 1 heterocycles. The summed E-state index contributed by atoms with van der Waals surface area (Å²) in [4.78, 5) is 0.199. The Balaban J connectivity index is 1.57. The molecule has 0 unspecified atom stereocenters. The zero-order valence-corrected chi connectivity index (χ0v) is 16.9. The molecule has 1 aliphatic heterocycles. The van der Waals surface area contributed by atoms with Gasteiger partial charge in [-0.2, -0.15) is 9.41 Å². The lowest BCUT2D eigenvalue weighted by Crippen LogP contribution is -2.40. The van der Waals surface area contributed by atoms with Gasteiger partial charge in [-0.3, -0.25) is 5.43 Å². The molecule has 2 aromatic carbocycles. The highest BCUT2D eigenvalue weighted by molar-refractivity contribution is 7.89. The number of nitrogens with zero attached hydrogens (tertiary/aromatic N) is 2. The molecule has 0 atom stereocenters. The summed E-state index contributed by atoms with van der Waals surface area (Å²) in [5.41, 5.74) is 3.58. The summed E-state index contributed by atoms with van der Waals surface area (Å²) in [6, 6.07) is 10.4. The van der Waals surface area contributed by atoms with Crippen LogP contribution in [-0.2, 0) is 14.8 Å². The Morgan fingerprint density at radius 2 is 1.83 bits per heavy atom. The van der Waals surface area contributed by atoms with Crippen LogP contribution in [0, 0.1) is 0 Å². The molecule has 4 N–H and O–H groups in total. The Hall–Kier alpha value is -2.73. The lowest BCUT2D eigenvalue weighted by molar-refractivity contribution is 0.0730. The third kappa shape index (κ3) is 5.41. The number of phenolic OH excluding ortho intramolecular Hbond substituents is 2. The molecule has 3 rings (SSSR count). The van der Waals surface area contributed by atoms with Gasteiger partial charge in [0.05, 0.1) is 24.3 Å². The number of phenols is 2. The van der Waals surface area contributed by atoms with E-state index in [1.54, 1.807) is 12.1 Å². The van der Waals surface area contributed by atoms with Crippen LogP contribution in [0.15, 0.2) is 52.5 Å². The minimum absolute atomic E-state index is 0.0520. The van der Waals surface area contributed by atoms with E-state index in [9.17, 15) is 18.6 Å². The molecular weight excluding hydrogens is 416 g/mol. The molecule has 2 aromatic rings. The van der Waals surface area contributed by atoms with Gasteiger partial charge in [-0.05, 0) is 48.6 Å². The van der Waals surface area contributed by atoms with Crippen molar-refractivity contribution in [3.63, 3.8) is 0 Å². The molecule has 0 spiro atoms. The first-order chi connectivity index (χ1) is 13.9. The van der Waals surface area contributed by atoms with Gasteiger partial charge < -0.3 is 20.3 Å². The molecule has 0 aliphatic carbocycles. The number of anilines is 1. The van der Waals surface area contributed by atoms with Crippen LogP contribution in [-0.4, -0.2) is 60.6 Å². The number of benzene rings is 2. The van der Waals surface area contributed by atoms with Gasteiger partial charge in [0.1, 0.15) is 11.5 Å². The van der Waals surface area contributed by atoms with Gasteiger partial charge in [-0.25, -0.2) is 8.42 Å². The van der Waals surface area contributed by atoms with Gasteiger partial charge in [0.25, 0.3) is 0 Å². The third-order valence-electron chi connectivity index (χ3n) is 4.10. The molecular formula is C18H20N4O5S2. The molecule has 0 radical (unpaired) electrons. The van der Waals surface area contributed by atoms with Crippen molar-refractivity contribution in [3.8, 4) is 11.5 Å². The zero-order chi connectivity index (χ0) is 20.9. The quantitative estimate of drug-likeness (QED) is 0.315. The van der Waals surface area contributed by atoms with E-state index in [-0.39, 0.29) is 21.5 Å². The molecule has 1 aliphatic rings. The fraction of sp³-hybridized carbons (Fsp3) is 0.222. The normalized spacial score (nSPS) is 15.3. The van der Waals surface area contributed by atoms with Gasteiger partial charge in [0.2, 0.25) is 10.0 Å². The van der Waals surface area contributed by atoms with E-state index in [1.807, 2.05) is 0 Å². The van der Waals surface area contributed by atoms with Crippen molar-refractivity contribution in [2.75, 3.05) is 31.6 Å². The van der Waals surface area contributed by atoms with Crippen LogP contribution < -0.4 is 10.7 Å². The summed E-state index contributed by atoms with van der Waals surface area (Å²) in [5, 5.41) is 25.9. The Morgan fingerprint density at radius 3 is 2.48 bits per heavy atom. The molecule has 11 heteroatoms. The molecule has 9 nitrogen and oxygen atoms in total. The van der Waals surface area contributed by atoms with Crippen molar-refractivity contribution in [3.05, 3.63) is 48.0 Å². The predicted molar refractivity (Wildman–Crippen MR) is 113 cm³/mol. The highest BCUT2D eigenvalue weighted by atomic mass is 32.2. The summed E-state index contributed by atoms with van der Waals surface area (Å²) in [6.07, 6.45) is 1.35. The molecule has 0 amide bonds. The van der Waals surface area contributed by atoms with Crippen molar-refractivity contribution >= 4 is 39.3 Å². The molecule has 0 aromatic heterocycles. The van der Waals surface area contributed by atoms with Gasteiger partial charge in [0, 0.05) is 30.4 Å². The zero-order valence-electron chi connectivity index (χ0n) is 15.3. The maximum Gasteiger partial charge on any atom is 0.243 e. The minimum Gasteiger partial charge on any atom is -0.508 e. The van der Waals surface area contributed by atoms with E-state index in [4.69, 9.17) is 17.0 Å². The highest BCUT2D eigenvalue weighted by Crippen LogP contribution is 2.21. The second-order valence-electron chi connectivity index (χ2n) is 6.11. The lowest BCUT2D eigenvalue weighted by atomic mass is 10.2. The van der Waals surface area contributed by atoms with Gasteiger partial charge >= 0.3 is 0 Å². The topological polar surface area (TPSA) is 123 Å². The number of hydrogen-bond donors (Lipinski definition) is 4. The fourth-order valence-corrected chi connectivity index (χ4v) is 4.19. The van der Waals surface area contributed by atoms with E-state index in [0.717, 1.165) is 0 Å². The lowest BCUT2D eigenvalue weighted by Gasteiger charge is -2.26. The van der Waals surface area contributed by atoms with Crippen LogP contribution in [0.1, 0.15) is 5.56 Å².